The van der Waals surface area contributed by atoms with Crippen LogP contribution in [0.25, 0.3) is 10.9 Å². The number of fused-ring (bicyclic) bond motifs is 1. The SMILES string of the molecule is O=S(=O)(c1ccccc1)n1ccc2c(Br)cc(Cl)c(Cl)c21. The highest BCUT2D eigenvalue weighted by Gasteiger charge is 2.22. The molecule has 0 radical (unpaired) electrons. The average Bonchev–Trinajstić information content (AvgIpc) is 2.92. The Morgan fingerprint density at radius 2 is 1.71 bits per heavy atom. The number of rotatable bonds is 2. The third-order valence-electron chi connectivity index (χ3n) is 3.08. The van der Waals surface area contributed by atoms with Gasteiger partial charge in [0.15, 0.2) is 0 Å². The fourth-order valence-corrected chi connectivity index (χ4v) is 4.65. The summed E-state index contributed by atoms with van der Waals surface area (Å²) in [5.41, 5.74) is 0.361. The van der Waals surface area contributed by atoms with E-state index in [1.54, 1.807) is 30.3 Å². The highest BCUT2D eigenvalue weighted by Crippen LogP contribution is 2.38. The molecule has 3 rings (SSSR count). The minimum absolute atomic E-state index is 0.190. The van der Waals surface area contributed by atoms with E-state index in [2.05, 4.69) is 15.9 Å². The van der Waals surface area contributed by atoms with Gasteiger partial charge in [-0.05, 0) is 24.3 Å². The predicted molar refractivity (Wildman–Crippen MR) is 88.7 cm³/mol. The lowest BCUT2D eigenvalue weighted by Crippen LogP contribution is -2.11. The van der Waals surface area contributed by atoms with Gasteiger partial charge in [0.2, 0.25) is 0 Å². The zero-order valence-electron chi connectivity index (χ0n) is 10.4. The Morgan fingerprint density at radius 1 is 1.05 bits per heavy atom. The maximum absolute atomic E-state index is 12.7. The maximum atomic E-state index is 12.7. The molecule has 0 amide bonds. The molecular formula is C14H8BrCl2NO2S. The van der Waals surface area contributed by atoms with Crippen LogP contribution in [-0.4, -0.2) is 12.4 Å². The molecule has 1 heterocycles. The summed E-state index contributed by atoms with van der Waals surface area (Å²) in [7, 11) is -3.73. The number of benzene rings is 2. The molecule has 0 unspecified atom stereocenters. The van der Waals surface area contributed by atoms with E-state index in [9.17, 15) is 8.42 Å². The lowest BCUT2D eigenvalue weighted by Gasteiger charge is -2.09. The highest BCUT2D eigenvalue weighted by molar-refractivity contribution is 9.10. The molecule has 1 aromatic heterocycles. The Hall–Kier alpha value is -1.01. The van der Waals surface area contributed by atoms with E-state index in [4.69, 9.17) is 23.2 Å². The quantitative estimate of drug-likeness (QED) is 0.567. The molecule has 0 aliphatic heterocycles. The molecule has 7 heteroatoms. The van der Waals surface area contributed by atoms with Crippen LogP contribution in [0.15, 0.2) is 58.0 Å². The second-order valence-electron chi connectivity index (χ2n) is 4.35. The average molecular weight is 405 g/mol. The summed E-state index contributed by atoms with van der Waals surface area (Å²) in [5, 5.41) is 1.18. The molecule has 0 fully saturated rings. The normalized spacial score (nSPS) is 12.0. The largest absolute Gasteiger partial charge is 0.268 e. The topological polar surface area (TPSA) is 39.1 Å². The van der Waals surface area contributed by atoms with Crippen molar-refractivity contribution in [1.29, 1.82) is 0 Å². The molecule has 21 heavy (non-hydrogen) atoms. The van der Waals surface area contributed by atoms with Crippen molar-refractivity contribution in [2.45, 2.75) is 4.90 Å². The molecule has 0 spiro atoms. The third-order valence-corrected chi connectivity index (χ3v) is 6.20. The number of nitrogens with zero attached hydrogens (tertiary/aromatic N) is 1. The van der Waals surface area contributed by atoms with Crippen LogP contribution in [0.4, 0.5) is 0 Å². The van der Waals surface area contributed by atoms with Gasteiger partial charge in [0.05, 0.1) is 20.5 Å². The van der Waals surface area contributed by atoms with Crippen molar-refractivity contribution in [2.24, 2.45) is 0 Å². The lowest BCUT2D eigenvalue weighted by molar-refractivity contribution is 0.589. The smallest absolute Gasteiger partial charge is 0.240 e. The van der Waals surface area contributed by atoms with Gasteiger partial charge >= 0.3 is 0 Å². The molecule has 2 aromatic carbocycles. The predicted octanol–water partition coefficient (Wildman–Crippen LogP) is 4.95. The van der Waals surface area contributed by atoms with E-state index < -0.39 is 10.0 Å². The zero-order valence-corrected chi connectivity index (χ0v) is 14.3. The molecule has 0 aliphatic rings. The molecule has 0 N–H and O–H groups in total. The first-order chi connectivity index (χ1) is 9.93. The summed E-state index contributed by atoms with van der Waals surface area (Å²) in [6.07, 6.45) is 1.47. The Bertz CT molecular complexity index is 937. The zero-order chi connectivity index (χ0) is 15.2. The standard InChI is InChI=1S/C14H8BrCl2NO2S/c15-11-8-12(16)13(17)14-10(11)6-7-18(14)21(19,20)9-4-2-1-3-5-9/h1-8H. The van der Waals surface area contributed by atoms with Gasteiger partial charge in [0.25, 0.3) is 10.0 Å². The van der Waals surface area contributed by atoms with Crippen LogP contribution in [0.3, 0.4) is 0 Å². The summed E-state index contributed by atoms with van der Waals surface area (Å²) in [6.45, 7) is 0. The van der Waals surface area contributed by atoms with E-state index in [1.807, 2.05) is 0 Å². The number of halogens is 3. The van der Waals surface area contributed by atoms with Crippen molar-refractivity contribution < 1.29 is 8.42 Å². The summed E-state index contributed by atoms with van der Waals surface area (Å²) in [6, 6.07) is 11.5. The fourth-order valence-electron chi connectivity index (χ4n) is 2.09. The molecule has 0 aliphatic carbocycles. The summed E-state index contributed by atoms with van der Waals surface area (Å²) < 4.78 is 27.3. The van der Waals surface area contributed by atoms with Crippen LogP contribution < -0.4 is 0 Å². The second kappa shape index (κ2) is 5.32. The van der Waals surface area contributed by atoms with Crippen LogP contribution in [0.5, 0.6) is 0 Å². The van der Waals surface area contributed by atoms with E-state index in [0.717, 1.165) is 3.97 Å². The van der Waals surface area contributed by atoms with Crippen LogP contribution in [-0.2, 0) is 10.0 Å². The third kappa shape index (κ3) is 2.38. The minimum Gasteiger partial charge on any atom is -0.240 e. The molecule has 0 bridgehead atoms. The summed E-state index contributed by atoms with van der Waals surface area (Å²) in [4.78, 5) is 0.190. The van der Waals surface area contributed by atoms with Crippen molar-refractivity contribution >= 4 is 60.1 Å². The van der Waals surface area contributed by atoms with E-state index in [1.165, 1.54) is 18.3 Å². The van der Waals surface area contributed by atoms with E-state index >= 15 is 0 Å². The monoisotopic (exact) mass is 403 g/mol. The maximum Gasteiger partial charge on any atom is 0.268 e. The van der Waals surface area contributed by atoms with Crippen molar-refractivity contribution in [3.05, 3.63) is 63.2 Å². The molecule has 0 atom stereocenters. The first-order valence-corrected chi connectivity index (χ1v) is 8.87. The Morgan fingerprint density at radius 3 is 2.38 bits per heavy atom. The highest BCUT2D eigenvalue weighted by atomic mass is 79.9. The Balaban J connectivity index is 2.37. The molecule has 0 saturated heterocycles. The van der Waals surface area contributed by atoms with Crippen LogP contribution in [0, 0.1) is 0 Å². The van der Waals surface area contributed by atoms with Gasteiger partial charge in [-0.2, -0.15) is 0 Å². The molecule has 0 saturated carbocycles. The van der Waals surface area contributed by atoms with Crippen molar-refractivity contribution in [3.8, 4) is 0 Å². The van der Waals surface area contributed by atoms with Gasteiger partial charge in [-0.15, -0.1) is 0 Å². The molecule has 3 nitrogen and oxygen atoms in total. The van der Waals surface area contributed by atoms with Crippen LogP contribution in [0.1, 0.15) is 0 Å². The lowest BCUT2D eigenvalue weighted by atomic mass is 10.2. The second-order valence-corrected chi connectivity index (χ2v) is 7.80. The van der Waals surface area contributed by atoms with Gasteiger partial charge in [-0.3, -0.25) is 0 Å². The minimum atomic E-state index is -3.73. The number of hydrogen-bond acceptors (Lipinski definition) is 2. The van der Waals surface area contributed by atoms with Gasteiger partial charge in [-0.1, -0.05) is 57.3 Å². The Labute approximate surface area is 140 Å². The molecule has 3 aromatic rings. The first-order valence-electron chi connectivity index (χ1n) is 5.88. The van der Waals surface area contributed by atoms with Gasteiger partial charge < -0.3 is 0 Å². The van der Waals surface area contributed by atoms with E-state index in [0.29, 0.717) is 20.4 Å². The van der Waals surface area contributed by atoms with Gasteiger partial charge in [0, 0.05) is 16.1 Å². The van der Waals surface area contributed by atoms with Crippen molar-refractivity contribution in [3.63, 3.8) is 0 Å². The molecule has 108 valence electrons. The fraction of sp³-hybridized carbons (Fsp3) is 0. The molecular weight excluding hydrogens is 397 g/mol. The van der Waals surface area contributed by atoms with E-state index in [-0.39, 0.29) is 9.92 Å². The van der Waals surface area contributed by atoms with Crippen molar-refractivity contribution in [1.82, 2.24) is 3.97 Å². The van der Waals surface area contributed by atoms with Crippen LogP contribution >= 0.6 is 39.1 Å². The Kier molecular flexibility index (Phi) is 3.78. The van der Waals surface area contributed by atoms with Crippen molar-refractivity contribution in [2.75, 3.05) is 0 Å². The first kappa shape index (κ1) is 14.9. The number of aromatic nitrogens is 1. The van der Waals surface area contributed by atoms with Gasteiger partial charge in [0.1, 0.15) is 0 Å². The van der Waals surface area contributed by atoms with Crippen LogP contribution in [0.2, 0.25) is 10.0 Å². The van der Waals surface area contributed by atoms with Gasteiger partial charge in [-0.25, -0.2) is 12.4 Å². The number of hydrogen-bond donors (Lipinski definition) is 0. The summed E-state index contributed by atoms with van der Waals surface area (Å²) >= 11 is 15.6. The summed E-state index contributed by atoms with van der Waals surface area (Å²) in [5.74, 6) is 0.